The fourth-order valence-corrected chi connectivity index (χ4v) is 5.59. The lowest BCUT2D eigenvalue weighted by Gasteiger charge is -2.43. The van der Waals surface area contributed by atoms with E-state index in [1.54, 1.807) is 18.2 Å². The van der Waals surface area contributed by atoms with E-state index in [9.17, 15) is 18.0 Å². The van der Waals surface area contributed by atoms with E-state index in [0.29, 0.717) is 34.6 Å². The van der Waals surface area contributed by atoms with Crippen LogP contribution in [0.5, 0.6) is 0 Å². The van der Waals surface area contributed by atoms with Gasteiger partial charge in [-0.15, -0.1) is 0 Å². The Hall–Kier alpha value is -3.14. The van der Waals surface area contributed by atoms with Crippen molar-refractivity contribution in [2.24, 2.45) is 0 Å². The average Bonchev–Trinajstić information content (AvgIpc) is 2.94. The summed E-state index contributed by atoms with van der Waals surface area (Å²) >= 11 is 6.54. The Morgan fingerprint density at radius 2 is 1.64 bits per heavy atom. The molecule has 0 saturated carbocycles. The van der Waals surface area contributed by atoms with E-state index >= 15 is 0 Å². The molecule has 39 heavy (non-hydrogen) atoms. The highest BCUT2D eigenvalue weighted by molar-refractivity contribution is 6.33. The molecule has 3 aromatic rings. The lowest BCUT2D eigenvalue weighted by atomic mass is 10.0. The maximum Gasteiger partial charge on any atom is 0.253 e. The molecule has 1 aromatic heterocycles. The molecule has 10 heteroatoms. The van der Waals surface area contributed by atoms with Crippen molar-refractivity contribution in [3.05, 3.63) is 93.9 Å². The van der Waals surface area contributed by atoms with Crippen molar-refractivity contribution in [2.75, 3.05) is 44.2 Å². The van der Waals surface area contributed by atoms with Gasteiger partial charge in [0.2, 0.25) is 0 Å². The predicted molar refractivity (Wildman–Crippen MR) is 147 cm³/mol. The molecule has 0 bridgehead atoms. The maximum atomic E-state index is 14.0. The molecular weight excluding hydrogens is 527 g/mol. The zero-order valence-corrected chi connectivity index (χ0v) is 22.3. The number of amides is 1. The van der Waals surface area contributed by atoms with Gasteiger partial charge in [0.25, 0.3) is 5.91 Å². The molecule has 2 saturated heterocycles. The number of halogens is 4. The number of carbonyl (C=O) groups is 1. The molecule has 1 amide bonds. The average molecular weight is 560 g/mol. The van der Waals surface area contributed by atoms with Crippen molar-refractivity contribution in [2.45, 2.75) is 32.0 Å². The minimum Gasteiger partial charge on any atom is -0.353 e. The van der Waals surface area contributed by atoms with Crippen molar-refractivity contribution in [1.29, 1.82) is 0 Å². The third-order valence-corrected chi connectivity index (χ3v) is 7.82. The number of piperidine rings is 1. The number of pyridine rings is 1. The molecule has 2 aliphatic rings. The summed E-state index contributed by atoms with van der Waals surface area (Å²) in [4.78, 5) is 23.9. The Labute approximate surface area is 232 Å². The molecule has 2 aromatic carbocycles. The minimum atomic E-state index is -0.550. The van der Waals surface area contributed by atoms with Crippen molar-refractivity contribution < 1.29 is 19.4 Å². The van der Waals surface area contributed by atoms with Crippen LogP contribution in [0.3, 0.4) is 0 Å². The molecule has 2 fully saturated rings. The number of nitrogens with one attached hydrogen (secondary N) is 1. The Kier molecular flexibility index (Phi) is 8.69. The first kappa shape index (κ1) is 27.4. The SMILES string of the molecule is O=C(NCc1ccc(F)cc1)c1cnc(N2CCN(C3CCN(Cc4ccc(F)cc4F)CC3)CC2)c(Cl)c1.[HH]. The van der Waals surface area contributed by atoms with Crippen LogP contribution in [0.15, 0.2) is 54.7 Å². The third kappa shape index (κ3) is 6.90. The summed E-state index contributed by atoms with van der Waals surface area (Å²) in [6, 6.07) is 11.9. The first-order chi connectivity index (χ1) is 18.9. The van der Waals surface area contributed by atoms with E-state index in [0.717, 1.165) is 63.7 Å². The molecule has 3 heterocycles. The smallest absolute Gasteiger partial charge is 0.253 e. The number of rotatable bonds is 7. The summed E-state index contributed by atoms with van der Waals surface area (Å²) in [7, 11) is 0. The zero-order chi connectivity index (χ0) is 27.4. The largest absolute Gasteiger partial charge is 0.353 e. The van der Waals surface area contributed by atoms with Gasteiger partial charge in [0.1, 0.15) is 23.3 Å². The number of benzene rings is 2. The van der Waals surface area contributed by atoms with Crippen LogP contribution in [0.4, 0.5) is 19.0 Å². The van der Waals surface area contributed by atoms with Crippen molar-refractivity contribution in [3.8, 4) is 0 Å². The van der Waals surface area contributed by atoms with Crippen LogP contribution in [0, 0.1) is 17.5 Å². The number of aromatic nitrogens is 1. The summed E-state index contributed by atoms with van der Waals surface area (Å²) in [6.45, 7) is 5.86. The van der Waals surface area contributed by atoms with Crippen LogP contribution >= 0.6 is 11.6 Å². The summed E-state index contributed by atoms with van der Waals surface area (Å²) in [5.41, 5.74) is 1.70. The van der Waals surface area contributed by atoms with Crippen molar-refractivity contribution in [1.82, 2.24) is 20.1 Å². The summed E-state index contributed by atoms with van der Waals surface area (Å²) in [6.07, 6.45) is 3.54. The van der Waals surface area contributed by atoms with E-state index in [-0.39, 0.29) is 19.7 Å². The summed E-state index contributed by atoms with van der Waals surface area (Å²) < 4.78 is 40.3. The number of piperazine rings is 1. The van der Waals surface area contributed by atoms with Crippen LogP contribution in [-0.4, -0.2) is 66.0 Å². The number of anilines is 1. The third-order valence-electron chi connectivity index (χ3n) is 7.55. The number of nitrogens with zero attached hydrogens (tertiary/aromatic N) is 4. The van der Waals surface area contributed by atoms with Gasteiger partial charge < -0.3 is 10.2 Å². The van der Waals surface area contributed by atoms with Crippen LogP contribution < -0.4 is 10.2 Å². The molecule has 0 spiro atoms. The normalized spacial score (nSPS) is 17.4. The quantitative estimate of drug-likeness (QED) is 0.436. The van der Waals surface area contributed by atoms with E-state index in [1.165, 1.54) is 30.5 Å². The number of hydrogen-bond acceptors (Lipinski definition) is 5. The van der Waals surface area contributed by atoms with Gasteiger partial charge in [-0.05, 0) is 55.8 Å². The summed E-state index contributed by atoms with van der Waals surface area (Å²) in [5.74, 6) is -0.981. The fraction of sp³-hybridized carbons (Fsp3) is 0.379. The molecule has 2 aliphatic heterocycles. The van der Waals surface area contributed by atoms with Gasteiger partial charge in [-0.3, -0.25) is 14.6 Å². The van der Waals surface area contributed by atoms with Gasteiger partial charge in [0.05, 0.1) is 10.6 Å². The van der Waals surface area contributed by atoms with Gasteiger partial charge in [-0.1, -0.05) is 29.8 Å². The molecule has 0 atom stereocenters. The van der Waals surface area contributed by atoms with E-state index in [1.807, 2.05) is 0 Å². The van der Waals surface area contributed by atoms with Crippen molar-refractivity contribution >= 4 is 23.3 Å². The molecule has 208 valence electrons. The van der Waals surface area contributed by atoms with Crippen LogP contribution in [-0.2, 0) is 13.1 Å². The van der Waals surface area contributed by atoms with Gasteiger partial charge in [-0.2, -0.15) is 0 Å². The molecule has 0 unspecified atom stereocenters. The van der Waals surface area contributed by atoms with Gasteiger partial charge in [0.15, 0.2) is 0 Å². The standard InChI is InChI=1S/C29H31ClF3N5O.H2/c30-26-15-22(29(39)35-17-20-1-4-23(31)5-2-20)18-34-28(26)38-13-11-37(12-14-38)25-7-9-36(10-8-25)19-21-3-6-24(32)16-27(21)33;/h1-6,15-16,18,25H,7-14,17,19H2,(H,35,39);1H. The molecular formula is C29H33ClF3N5O. The Morgan fingerprint density at radius 3 is 2.31 bits per heavy atom. The first-order valence-corrected chi connectivity index (χ1v) is 13.6. The molecule has 0 aliphatic carbocycles. The lowest BCUT2D eigenvalue weighted by Crippen LogP contribution is -2.53. The topological polar surface area (TPSA) is 51.7 Å². The number of hydrogen-bond donors (Lipinski definition) is 1. The van der Waals surface area contributed by atoms with Gasteiger partial charge in [0, 0.05) is 64.6 Å². The summed E-state index contributed by atoms with van der Waals surface area (Å²) in [5, 5.41) is 3.24. The fourth-order valence-electron chi connectivity index (χ4n) is 5.31. The van der Waals surface area contributed by atoms with E-state index < -0.39 is 11.6 Å². The van der Waals surface area contributed by atoms with Crippen LogP contribution in [0.25, 0.3) is 0 Å². The molecule has 1 N–H and O–H groups in total. The van der Waals surface area contributed by atoms with Gasteiger partial charge in [-0.25, -0.2) is 18.2 Å². The molecule has 6 nitrogen and oxygen atoms in total. The Bertz CT molecular complexity index is 1300. The molecule has 0 radical (unpaired) electrons. The highest BCUT2D eigenvalue weighted by Gasteiger charge is 2.29. The monoisotopic (exact) mass is 559 g/mol. The second kappa shape index (κ2) is 12.4. The minimum absolute atomic E-state index is 0. The second-order valence-corrected chi connectivity index (χ2v) is 10.5. The Morgan fingerprint density at radius 1 is 0.949 bits per heavy atom. The van der Waals surface area contributed by atoms with E-state index in [4.69, 9.17) is 11.6 Å². The number of likely N-dealkylation sites (tertiary alicyclic amines) is 1. The molecule has 5 rings (SSSR count). The highest BCUT2D eigenvalue weighted by atomic mass is 35.5. The van der Waals surface area contributed by atoms with Crippen molar-refractivity contribution in [3.63, 3.8) is 0 Å². The first-order valence-electron chi connectivity index (χ1n) is 13.2. The van der Waals surface area contributed by atoms with Crippen LogP contribution in [0.1, 0.15) is 35.8 Å². The Balaban J connectivity index is 0.00000370. The van der Waals surface area contributed by atoms with E-state index in [2.05, 4.69) is 25.0 Å². The second-order valence-electron chi connectivity index (χ2n) is 10.1. The van der Waals surface area contributed by atoms with Gasteiger partial charge >= 0.3 is 0 Å². The maximum absolute atomic E-state index is 14.0. The predicted octanol–water partition coefficient (Wildman–Crippen LogP) is 5.11. The highest BCUT2D eigenvalue weighted by Crippen LogP contribution is 2.27. The lowest BCUT2D eigenvalue weighted by molar-refractivity contribution is 0.0950. The number of carbonyl (C=O) groups excluding carboxylic acids is 1. The zero-order valence-electron chi connectivity index (χ0n) is 21.6. The van der Waals surface area contributed by atoms with Crippen LogP contribution in [0.2, 0.25) is 5.02 Å².